The Morgan fingerprint density at radius 2 is 1.86 bits per heavy atom. The fraction of sp³-hybridized carbons (Fsp3) is 0.400. The zero-order chi connectivity index (χ0) is 27.0. The molecule has 0 radical (unpaired) electrons. The van der Waals surface area contributed by atoms with E-state index >= 15 is 0 Å². The number of benzene rings is 2. The summed E-state index contributed by atoms with van der Waals surface area (Å²) in [6, 6.07) is 8.53. The van der Waals surface area contributed by atoms with Crippen LogP contribution in [0.4, 0.5) is 23.2 Å². The Morgan fingerprint density at radius 1 is 1.19 bits per heavy atom. The van der Waals surface area contributed by atoms with E-state index in [1.165, 1.54) is 37.1 Å². The van der Waals surface area contributed by atoms with Crippen LogP contribution < -0.4 is 14.8 Å². The third-order valence-electron chi connectivity index (χ3n) is 6.03. The number of carbonyl (C=O) groups excluding carboxylic acids is 2. The van der Waals surface area contributed by atoms with Crippen LogP contribution in [0.15, 0.2) is 47.5 Å². The molecule has 2 heterocycles. The first-order valence-electron chi connectivity index (χ1n) is 11.4. The summed E-state index contributed by atoms with van der Waals surface area (Å²) in [5.41, 5.74) is 0.858. The molecule has 7 nitrogen and oxygen atoms in total. The molecule has 2 unspecified atom stereocenters. The summed E-state index contributed by atoms with van der Waals surface area (Å²) in [5.74, 6) is -1.97. The van der Waals surface area contributed by atoms with Gasteiger partial charge in [-0.25, -0.2) is 4.39 Å². The van der Waals surface area contributed by atoms with Crippen LogP contribution in [0.1, 0.15) is 25.8 Å². The van der Waals surface area contributed by atoms with Crippen LogP contribution in [0.3, 0.4) is 0 Å². The van der Waals surface area contributed by atoms with E-state index in [9.17, 15) is 27.2 Å². The van der Waals surface area contributed by atoms with Gasteiger partial charge >= 0.3 is 6.36 Å². The first-order chi connectivity index (χ1) is 17.3. The lowest BCUT2D eigenvalue weighted by molar-refractivity contribution is -0.274. The smallest absolute Gasteiger partial charge is 0.497 e. The number of rotatable bonds is 7. The maximum absolute atomic E-state index is 13.2. The number of likely N-dealkylation sites (tertiary alicyclic amines) is 1. The quantitative estimate of drug-likeness (QED) is 0.501. The van der Waals surface area contributed by atoms with Gasteiger partial charge in [0.1, 0.15) is 23.4 Å². The summed E-state index contributed by atoms with van der Waals surface area (Å²) in [4.78, 5) is 32.5. The molecule has 2 aliphatic heterocycles. The van der Waals surface area contributed by atoms with Crippen LogP contribution in [0.2, 0.25) is 0 Å². The molecule has 1 fully saturated rings. The Labute approximate surface area is 215 Å². The molecule has 0 aliphatic carbocycles. The van der Waals surface area contributed by atoms with Gasteiger partial charge in [0.25, 0.3) is 5.91 Å². The molecule has 4 rings (SSSR count). The van der Waals surface area contributed by atoms with Crippen LogP contribution in [0.5, 0.6) is 11.5 Å². The molecule has 1 saturated heterocycles. The highest BCUT2D eigenvalue weighted by molar-refractivity contribution is 8.15. The van der Waals surface area contributed by atoms with Crippen LogP contribution in [-0.2, 0) is 16.1 Å². The average Bonchev–Trinajstić information content (AvgIpc) is 3.32. The van der Waals surface area contributed by atoms with Gasteiger partial charge < -0.3 is 19.7 Å². The number of alkyl halides is 3. The Kier molecular flexibility index (Phi) is 7.40. The molecule has 2 aromatic carbocycles. The number of halogens is 4. The normalized spacial score (nSPS) is 21.1. The van der Waals surface area contributed by atoms with Crippen molar-refractivity contribution >= 4 is 34.3 Å². The van der Waals surface area contributed by atoms with Crippen LogP contribution in [-0.4, -0.2) is 52.6 Å². The highest BCUT2D eigenvalue weighted by Crippen LogP contribution is 2.43. The van der Waals surface area contributed by atoms with E-state index < -0.39 is 34.7 Å². The largest absolute Gasteiger partial charge is 0.573 e. The van der Waals surface area contributed by atoms with Gasteiger partial charge in [-0.1, -0.05) is 12.1 Å². The number of amides is 2. The van der Waals surface area contributed by atoms with Crippen molar-refractivity contribution in [2.24, 2.45) is 10.9 Å². The van der Waals surface area contributed by atoms with Gasteiger partial charge in [0.2, 0.25) is 5.91 Å². The first-order valence-corrected chi connectivity index (χ1v) is 12.2. The number of carbonyl (C=O) groups is 2. The second kappa shape index (κ2) is 10.2. The van der Waals surface area contributed by atoms with E-state index in [2.05, 4.69) is 15.0 Å². The van der Waals surface area contributed by atoms with Crippen molar-refractivity contribution in [2.75, 3.05) is 19.0 Å². The topological polar surface area (TPSA) is 80.2 Å². The summed E-state index contributed by atoms with van der Waals surface area (Å²) < 4.78 is 59.5. The number of ether oxygens (including phenoxy) is 2. The summed E-state index contributed by atoms with van der Waals surface area (Å²) in [5, 5.41) is 3.14. The monoisotopic (exact) mass is 539 g/mol. The Balaban J connectivity index is 1.48. The fourth-order valence-corrected chi connectivity index (χ4v) is 5.60. The highest BCUT2D eigenvalue weighted by Gasteiger charge is 2.47. The molecule has 1 N–H and O–H groups in total. The number of anilines is 1. The molecule has 0 aromatic heterocycles. The maximum atomic E-state index is 13.2. The Bertz CT molecular complexity index is 1220. The standard InChI is InChI=1S/C25H25F4N3O4S/c1-24(2)20(21(33)30-16-10-17(35-3)12-18(11-16)36-25(27,28)29)31-22(37-24)19-8-9-32(23(19)34)13-14-4-6-15(26)7-5-14/h4-7,10-12,19-20H,8-9,13H2,1-3H3,(H,30,33). The van der Waals surface area contributed by atoms with Gasteiger partial charge in [-0.3, -0.25) is 14.6 Å². The molecule has 198 valence electrons. The lowest BCUT2D eigenvalue weighted by atomic mass is 10.0. The number of thioether (sulfide) groups is 1. The van der Waals surface area contributed by atoms with Gasteiger partial charge in [-0.2, -0.15) is 0 Å². The van der Waals surface area contributed by atoms with E-state index in [0.29, 0.717) is 24.6 Å². The van der Waals surface area contributed by atoms with Gasteiger partial charge in [-0.15, -0.1) is 24.9 Å². The molecule has 12 heteroatoms. The molecular weight excluding hydrogens is 514 g/mol. The summed E-state index contributed by atoms with van der Waals surface area (Å²) >= 11 is 1.34. The van der Waals surface area contributed by atoms with E-state index in [1.807, 2.05) is 13.8 Å². The van der Waals surface area contributed by atoms with E-state index in [1.54, 1.807) is 17.0 Å². The van der Waals surface area contributed by atoms with Gasteiger partial charge in [0.15, 0.2) is 0 Å². The first kappa shape index (κ1) is 26.8. The third-order valence-corrected chi connectivity index (χ3v) is 7.38. The van der Waals surface area contributed by atoms with Crippen molar-refractivity contribution in [3.63, 3.8) is 0 Å². The second-order valence-electron chi connectivity index (χ2n) is 9.24. The SMILES string of the molecule is COc1cc(NC(=O)C2N=C(C3CCN(Cc4ccc(F)cc4)C3=O)SC2(C)C)cc(OC(F)(F)F)c1. The number of nitrogens with one attached hydrogen (secondary N) is 1. The molecule has 0 spiro atoms. The molecule has 0 saturated carbocycles. The van der Waals surface area contributed by atoms with E-state index in [0.717, 1.165) is 17.7 Å². The third kappa shape index (κ3) is 6.35. The molecule has 2 aliphatic rings. The fourth-order valence-electron chi connectivity index (χ4n) is 4.27. The van der Waals surface area contributed by atoms with Crippen LogP contribution >= 0.6 is 11.8 Å². The average molecular weight is 540 g/mol. The van der Waals surface area contributed by atoms with Crippen molar-refractivity contribution < 1.29 is 36.6 Å². The van der Waals surface area contributed by atoms with Gasteiger partial charge in [0.05, 0.1) is 18.1 Å². The minimum Gasteiger partial charge on any atom is -0.497 e. The second-order valence-corrected chi connectivity index (χ2v) is 10.9. The summed E-state index contributed by atoms with van der Waals surface area (Å²) in [7, 11) is 1.28. The number of methoxy groups -OCH3 is 1. The van der Waals surface area contributed by atoms with Crippen molar-refractivity contribution in [2.45, 2.75) is 44.0 Å². The maximum Gasteiger partial charge on any atom is 0.573 e. The molecule has 2 atom stereocenters. The number of hydrogen-bond donors (Lipinski definition) is 1. The Morgan fingerprint density at radius 3 is 2.51 bits per heavy atom. The predicted molar refractivity (Wildman–Crippen MR) is 131 cm³/mol. The highest BCUT2D eigenvalue weighted by atomic mass is 32.2. The number of nitrogens with zero attached hydrogens (tertiary/aromatic N) is 2. The number of hydrogen-bond acceptors (Lipinski definition) is 6. The molecule has 0 bridgehead atoms. The van der Waals surface area contributed by atoms with Crippen molar-refractivity contribution in [3.05, 3.63) is 53.8 Å². The zero-order valence-electron chi connectivity index (χ0n) is 20.3. The lowest BCUT2D eigenvalue weighted by Crippen LogP contribution is -2.39. The van der Waals surface area contributed by atoms with Crippen LogP contribution in [0, 0.1) is 11.7 Å². The Hall–Kier alpha value is -3.28. The molecule has 2 amide bonds. The number of aliphatic imine (C=N–C) groups is 1. The van der Waals surface area contributed by atoms with Gasteiger partial charge in [-0.05, 0) is 38.0 Å². The molecule has 37 heavy (non-hydrogen) atoms. The molecular formula is C25H25F4N3O4S. The van der Waals surface area contributed by atoms with Crippen molar-refractivity contribution in [1.82, 2.24) is 4.90 Å². The summed E-state index contributed by atoms with van der Waals surface area (Å²) in [6.45, 7) is 4.48. The van der Waals surface area contributed by atoms with E-state index in [4.69, 9.17) is 4.74 Å². The van der Waals surface area contributed by atoms with Gasteiger partial charge in [0, 0.05) is 41.7 Å². The zero-order valence-corrected chi connectivity index (χ0v) is 21.1. The van der Waals surface area contributed by atoms with E-state index in [-0.39, 0.29) is 23.2 Å². The minimum absolute atomic E-state index is 0.0514. The van der Waals surface area contributed by atoms with Crippen molar-refractivity contribution in [1.29, 1.82) is 0 Å². The summed E-state index contributed by atoms with van der Waals surface area (Å²) in [6.07, 6.45) is -4.38. The lowest BCUT2D eigenvalue weighted by Gasteiger charge is -2.24. The molecule has 2 aromatic rings. The van der Waals surface area contributed by atoms with Crippen molar-refractivity contribution in [3.8, 4) is 11.5 Å². The van der Waals surface area contributed by atoms with Crippen LogP contribution in [0.25, 0.3) is 0 Å². The predicted octanol–water partition coefficient (Wildman–Crippen LogP) is 5.01. The minimum atomic E-state index is -4.91.